The second-order valence-electron chi connectivity index (χ2n) is 8.58. The number of amides is 1. The van der Waals surface area contributed by atoms with Crippen LogP contribution in [0.1, 0.15) is 68.5 Å². The Bertz CT molecular complexity index is 953. The predicted octanol–water partition coefficient (Wildman–Crippen LogP) is 4.21. The number of hydrogen-bond donors (Lipinski definition) is 1. The van der Waals surface area contributed by atoms with Gasteiger partial charge in [-0.2, -0.15) is 5.26 Å². The average molecular weight is 431 g/mol. The third-order valence-corrected chi connectivity index (χ3v) is 8.44. The molecule has 0 spiro atoms. The van der Waals surface area contributed by atoms with Crippen molar-refractivity contribution in [1.29, 1.82) is 5.26 Å². The first-order chi connectivity index (χ1) is 13.9. The maximum atomic E-state index is 12.5. The second kappa shape index (κ2) is 8.07. The van der Waals surface area contributed by atoms with Crippen molar-refractivity contribution >= 4 is 34.0 Å². The smallest absolute Gasteiger partial charge is 0.235 e. The Hall–Kier alpha value is -1.92. The summed E-state index contributed by atoms with van der Waals surface area (Å²) in [6, 6.07) is 2.71. The summed E-state index contributed by atoms with van der Waals surface area (Å²) < 4.78 is 1.80. The van der Waals surface area contributed by atoms with Crippen molar-refractivity contribution in [3.8, 4) is 6.07 Å². The Morgan fingerprint density at radius 1 is 1.41 bits per heavy atom. The highest BCUT2D eigenvalue weighted by atomic mass is 32.2. The summed E-state index contributed by atoms with van der Waals surface area (Å²) in [6.07, 6.45) is 6.34. The summed E-state index contributed by atoms with van der Waals surface area (Å²) in [7, 11) is 0. The molecular weight excluding hydrogens is 404 g/mol. The first-order valence-electron chi connectivity index (χ1n) is 10.2. The molecule has 0 unspecified atom stereocenters. The molecule has 1 amide bonds. The quantitative estimate of drug-likeness (QED) is 0.661. The summed E-state index contributed by atoms with van der Waals surface area (Å²) in [6.45, 7) is 6.90. The number of carbonyl (C=O) groups excluding carboxylic acids is 1. The van der Waals surface area contributed by atoms with E-state index in [4.69, 9.17) is 0 Å². The average Bonchev–Trinajstić information content (AvgIpc) is 3.34. The number of rotatable bonds is 7. The van der Waals surface area contributed by atoms with Crippen LogP contribution in [0.2, 0.25) is 0 Å². The number of thiophene rings is 1. The standard InChI is InChI=1S/C20H26N6OS2/c1-4-20(2,3)12-5-8-14-15(10-21)18(29-16(14)9-12)22-17(27)11-28-19-23-24-25-26(19)13-6-7-13/h12-13H,4-9,11H2,1-3H3,(H,22,27)/t12-/m1/s1. The van der Waals surface area contributed by atoms with E-state index in [1.54, 1.807) is 16.0 Å². The number of nitriles is 1. The topological polar surface area (TPSA) is 96.5 Å². The Balaban J connectivity index is 1.43. The van der Waals surface area contributed by atoms with Crippen molar-refractivity contribution in [2.24, 2.45) is 11.3 Å². The van der Waals surface area contributed by atoms with Gasteiger partial charge in [0.1, 0.15) is 11.1 Å². The molecule has 0 aliphatic heterocycles. The van der Waals surface area contributed by atoms with Gasteiger partial charge in [-0.15, -0.1) is 16.4 Å². The maximum Gasteiger partial charge on any atom is 0.235 e. The van der Waals surface area contributed by atoms with Crippen LogP contribution < -0.4 is 5.32 Å². The molecule has 29 heavy (non-hydrogen) atoms. The fourth-order valence-corrected chi connectivity index (χ4v) is 5.91. The normalized spacial score (nSPS) is 18.9. The zero-order valence-corrected chi connectivity index (χ0v) is 18.7. The molecule has 0 aromatic carbocycles. The van der Waals surface area contributed by atoms with Gasteiger partial charge < -0.3 is 5.32 Å². The molecule has 0 bridgehead atoms. The minimum Gasteiger partial charge on any atom is -0.316 e. The summed E-state index contributed by atoms with van der Waals surface area (Å²) in [5.41, 5.74) is 2.08. The third kappa shape index (κ3) is 4.19. The highest BCUT2D eigenvalue weighted by Gasteiger charge is 2.34. The van der Waals surface area contributed by atoms with Crippen molar-refractivity contribution < 1.29 is 4.79 Å². The van der Waals surface area contributed by atoms with E-state index in [-0.39, 0.29) is 11.7 Å². The van der Waals surface area contributed by atoms with Crippen LogP contribution in [0.5, 0.6) is 0 Å². The van der Waals surface area contributed by atoms with Crippen LogP contribution in [-0.2, 0) is 17.6 Å². The SMILES string of the molecule is CCC(C)(C)[C@@H]1CCc2c(sc(NC(=O)CSc3nnnn3C3CC3)c2C#N)C1. The Labute approximate surface area is 179 Å². The number of hydrogen-bond acceptors (Lipinski definition) is 7. The van der Waals surface area contributed by atoms with Crippen LogP contribution in [0, 0.1) is 22.7 Å². The number of nitrogens with one attached hydrogen (secondary N) is 1. The van der Waals surface area contributed by atoms with Gasteiger partial charge in [-0.05, 0) is 59.4 Å². The van der Waals surface area contributed by atoms with Gasteiger partial charge in [0.2, 0.25) is 11.1 Å². The molecule has 1 atom stereocenters. The molecule has 1 fully saturated rings. The number of carbonyl (C=O) groups is 1. The molecule has 2 aromatic heterocycles. The largest absolute Gasteiger partial charge is 0.316 e. The molecule has 1 N–H and O–H groups in total. The van der Waals surface area contributed by atoms with Crippen LogP contribution in [0.4, 0.5) is 5.00 Å². The Morgan fingerprint density at radius 2 is 2.21 bits per heavy atom. The van der Waals surface area contributed by atoms with E-state index in [0.29, 0.717) is 33.1 Å². The molecule has 0 saturated heterocycles. The van der Waals surface area contributed by atoms with Crippen LogP contribution in [-0.4, -0.2) is 31.9 Å². The monoisotopic (exact) mass is 430 g/mol. The molecule has 0 radical (unpaired) electrons. The lowest BCUT2D eigenvalue weighted by Gasteiger charge is -2.36. The van der Waals surface area contributed by atoms with Crippen molar-refractivity contribution in [1.82, 2.24) is 20.2 Å². The minimum absolute atomic E-state index is 0.124. The van der Waals surface area contributed by atoms with Gasteiger partial charge in [-0.1, -0.05) is 39.0 Å². The lowest BCUT2D eigenvalue weighted by Crippen LogP contribution is -2.28. The second-order valence-corrected chi connectivity index (χ2v) is 10.6. The van der Waals surface area contributed by atoms with Crippen LogP contribution in [0.3, 0.4) is 0 Å². The van der Waals surface area contributed by atoms with Gasteiger partial charge in [0, 0.05) is 4.88 Å². The lowest BCUT2D eigenvalue weighted by molar-refractivity contribution is -0.113. The zero-order chi connectivity index (χ0) is 20.6. The van der Waals surface area contributed by atoms with E-state index < -0.39 is 0 Å². The number of nitrogens with zero attached hydrogens (tertiary/aromatic N) is 5. The highest BCUT2D eigenvalue weighted by molar-refractivity contribution is 7.99. The van der Waals surface area contributed by atoms with E-state index in [2.05, 4.69) is 47.7 Å². The van der Waals surface area contributed by atoms with Crippen molar-refractivity contribution in [3.05, 3.63) is 16.0 Å². The molecule has 9 heteroatoms. The third-order valence-electron chi connectivity index (χ3n) is 6.33. The van der Waals surface area contributed by atoms with Gasteiger partial charge in [-0.25, -0.2) is 4.68 Å². The number of anilines is 1. The van der Waals surface area contributed by atoms with Gasteiger partial charge in [0.15, 0.2) is 0 Å². The molecule has 2 aliphatic rings. The summed E-state index contributed by atoms with van der Waals surface area (Å²) in [5.74, 6) is 0.720. The van der Waals surface area contributed by atoms with Gasteiger partial charge in [0.25, 0.3) is 0 Å². The fraction of sp³-hybridized carbons (Fsp3) is 0.650. The van der Waals surface area contributed by atoms with Crippen molar-refractivity contribution in [2.75, 3.05) is 11.1 Å². The van der Waals surface area contributed by atoms with E-state index in [9.17, 15) is 10.1 Å². The Kier molecular flexibility index (Phi) is 5.67. The Morgan fingerprint density at radius 3 is 2.90 bits per heavy atom. The molecule has 2 aromatic rings. The van der Waals surface area contributed by atoms with Crippen LogP contribution in [0.25, 0.3) is 0 Å². The van der Waals surface area contributed by atoms with Crippen molar-refractivity contribution in [2.45, 2.75) is 70.5 Å². The van der Waals surface area contributed by atoms with E-state index >= 15 is 0 Å². The van der Waals surface area contributed by atoms with Gasteiger partial charge in [0.05, 0.1) is 17.4 Å². The zero-order valence-electron chi connectivity index (χ0n) is 17.1. The molecule has 4 rings (SSSR count). The summed E-state index contributed by atoms with van der Waals surface area (Å²) in [4.78, 5) is 13.8. The molecule has 7 nitrogen and oxygen atoms in total. The molecule has 2 aliphatic carbocycles. The van der Waals surface area contributed by atoms with E-state index in [1.807, 2.05) is 0 Å². The highest BCUT2D eigenvalue weighted by Crippen LogP contribution is 2.45. The van der Waals surface area contributed by atoms with Gasteiger partial charge >= 0.3 is 0 Å². The van der Waals surface area contributed by atoms with E-state index in [0.717, 1.165) is 44.1 Å². The first-order valence-corrected chi connectivity index (χ1v) is 12.0. The molecular formula is C20H26N6OS2. The number of tetrazole rings is 1. The number of aromatic nitrogens is 4. The summed E-state index contributed by atoms with van der Waals surface area (Å²) >= 11 is 2.92. The minimum atomic E-state index is -0.124. The van der Waals surface area contributed by atoms with Crippen molar-refractivity contribution in [3.63, 3.8) is 0 Å². The molecule has 2 heterocycles. The van der Waals surface area contributed by atoms with Crippen LogP contribution >= 0.6 is 23.1 Å². The maximum absolute atomic E-state index is 12.5. The number of thioether (sulfide) groups is 1. The molecule has 154 valence electrons. The van der Waals surface area contributed by atoms with E-state index in [1.165, 1.54) is 16.6 Å². The number of fused-ring (bicyclic) bond motifs is 1. The van der Waals surface area contributed by atoms with Gasteiger partial charge in [-0.3, -0.25) is 4.79 Å². The summed E-state index contributed by atoms with van der Waals surface area (Å²) in [5, 5.41) is 25.8. The first kappa shape index (κ1) is 20.4. The van der Waals surface area contributed by atoms with Crippen LogP contribution in [0.15, 0.2) is 5.16 Å². The fourth-order valence-electron chi connectivity index (χ4n) is 3.87. The molecule has 1 saturated carbocycles. The lowest BCUT2D eigenvalue weighted by atomic mass is 9.69. The predicted molar refractivity (Wildman–Crippen MR) is 114 cm³/mol.